The maximum atomic E-state index is 10.2. The van der Waals surface area contributed by atoms with Crippen LogP contribution in [0.15, 0.2) is 24.3 Å². The van der Waals surface area contributed by atoms with E-state index in [0.29, 0.717) is 30.9 Å². The van der Waals surface area contributed by atoms with Crippen molar-refractivity contribution in [1.29, 1.82) is 0 Å². The van der Waals surface area contributed by atoms with Crippen LogP contribution >= 0.6 is 0 Å². The van der Waals surface area contributed by atoms with Crippen LogP contribution in [0.2, 0.25) is 0 Å². The van der Waals surface area contributed by atoms with Crippen molar-refractivity contribution in [2.75, 3.05) is 18.1 Å². The van der Waals surface area contributed by atoms with Gasteiger partial charge in [0, 0.05) is 5.75 Å². The minimum Gasteiger partial charge on any atom is -0.772 e. The smallest absolute Gasteiger partial charge is 0.142 e. The van der Waals surface area contributed by atoms with Crippen molar-refractivity contribution in [3.8, 4) is 5.75 Å². The Morgan fingerprint density at radius 1 is 1.33 bits per heavy atom. The van der Waals surface area contributed by atoms with E-state index in [-0.39, 0.29) is 5.75 Å². The van der Waals surface area contributed by atoms with E-state index >= 15 is 0 Å². The monoisotopic (exact) mass is 228 g/mol. The van der Waals surface area contributed by atoms with Gasteiger partial charge in [0.05, 0.1) is 12.3 Å². The molecule has 4 nitrogen and oxygen atoms in total. The van der Waals surface area contributed by atoms with Gasteiger partial charge < -0.3 is 15.0 Å². The van der Waals surface area contributed by atoms with E-state index in [0.717, 1.165) is 0 Å². The van der Waals surface area contributed by atoms with E-state index in [1.807, 2.05) is 12.1 Å². The van der Waals surface area contributed by atoms with E-state index in [1.165, 1.54) is 0 Å². The lowest BCUT2D eigenvalue weighted by molar-refractivity contribution is 0.311. The first-order valence-corrected chi connectivity index (χ1v) is 5.97. The number of hydrogen-bond acceptors (Lipinski definition) is 4. The molecule has 5 heteroatoms. The summed E-state index contributed by atoms with van der Waals surface area (Å²) in [6.07, 6.45) is 1.32. The third-order valence-corrected chi connectivity index (χ3v) is 2.50. The summed E-state index contributed by atoms with van der Waals surface area (Å²) in [7, 11) is 0. The quantitative estimate of drug-likeness (QED) is 0.452. The number of rotatable bonds is 6. The maximum Gasteiger partial charge on any atom is 0.142 e. The molecule has 2 N–H and O–H groups in total. The Morgan fingerprint density at radius 2 is 2.07 bits per heavy atom. The highest BCUT2D eigenvalue weighted by atomic mass is 32.2. The van der Waals surface area contributed by atoms with Gasteiger partial charge in [-0.15, -0.1) is 0 Å². The summed E-state index contributed by atoms with van der Waals surface area (Å²) < 4.78 is 25.8. The Labute approximate surface area is 91.7 Å². The zero-order chi connectivity index (χ0) is 11.1. The van der Waals surface area contributed by atoms with E-state index < -0.39 is 11.1 Å². The average molecular weight is 228 g/mol. The third kappa shape index (κ3) is 4.80. The Kier molecular flexibility index (Phi) is 5.14. The van der Waals surface area contributed by atoms with E-state index in [2.05, 4.69) is 0 Å². The van der Waals surface area contributed by atoms with Crippen molar-refractivity contribution in [2.45, 2.75) is 12.8 Å². The number of ether oxygens (including phenoxy) is 1. The van der Waals surface area contributed by atoms with Gasteiger partial charge in [0.2, 0.25) is 0 Å². The number of nitrogen functional groups attached to an aromatic ring is 1. The van der Waals surface area contributed by atoms with Crippen LogP contribution in [-0.4, -0.2) is 21.1 Å². The molecule has 0 aliphatic heterocycles. The molecule has 1 rings (SSSR count). The zero-order valence-corrected chi connectivity index (χ0v) is 9.16. The molecule has 0 aliphatic carbocycles. The van der Waals surface area contributed by atoms with E-state index in [4.69, 9.17) is 10.5 Å². The van der Waals surface area contributed by atoms with Gasteiger partial charge in [-0.05, 0) is 25.0 Å². The van der Waals surface area contributed by atoms with Crippen molar-refractivity contribution in [1.82, 2.24) is 0 Å². The lowest BCUT2D eigenvalue weighted by Crippen LogP contribution is -2.02. The Balaban J connectivity index is 2.21. The summed E-state index contributed by atoms with van der Waals surface area (Å²) >= 11 is -1.95. The predicted octanol–water partition coefficient (Wildman–Crippen LogP) is 1.31. The second kappa shape index (κ2) is 6.42. The normalized spacial score (nSPS) is 12.3. The topological polar surface area (TPSA) is 75.4 Å². The molecule has 0 bridgehead atoms. The first-order chi connectivity index (χ1) is 7.20. The van der Waals surface area contributed by atoms with Crippen LogP contribution in [0.1, 0.15) is 12.8 Å². The maximum absolute atomic E-state index is 10.2. The van der Waals surface area contributed by atoms with Crippen LogP contribution in [0.3, 0.4) is 0 Å². The molecule has 0 aromatic heterocycles. The van der Waals surface area contributed by atoms with Gasteiger partial charge in [-0.2, -0.15) is 0 Å². The van der Waals surface area contributed by atoms with Gasteiger partial charge in [-0.3, -0.25) is 4.21 Å². The standard InChI is InChI=1S/C10H15NO3S/c11-9-5-1-2-6-10(9)14-7-3-4-8-15(12)13/h1-2,5-6H,3-4,7-8,11H2,(H,12,13)/p-1. The van der Waals surface area contributed by atoms with Crippen LogP contribution in [-0.2, 0) is 11.1 Å². The summed E-state index contributed by atoms with van der Waals surface area (Å²) in [4.78, 5) is 0. The highest BCUT2D eigenvalue weighted by Gasteiger charge is 1.97. The Morgan fingerprint density at radius 3 is 2.73 bits per heavy atom. The summed E-state index contributed by atoms with van der Waals surface area (Å²) in [6, 6.07) is 7.24. The second-order valence-corrected chi connectivity index (χ2v) is 4.12. The van der Waals surface area contributed by atoms with Crippen LogP contribution in [0.25, 0.3) is 0 Å². The highest BCUT2D eigenvalue weighted by Crippen LogP contribution is 2.19. The first kappa shape index (κ1) is 12.0. The number of nitrogens with two attached hydrogens (primary N) is 1. The molecule has 1 atom stereocenters. The van der Waals surface area contributed by atoms with Crippen molar-refractivity contribution >= 4 is 16.8 Å². The molecule has 0 heterocycles. The van der Waals surface area contributed by atoms with E-state index in [9.17, 15) is 8.76 Å². The number of benzene rings is 1. The molecule has 15 heavy (non-hydrogen) atoms. The summed E-state index contributed by atoms with van der Waals surface area (Å²) in [5.41, 5.74) is 6.26. The Hall–Kier alpha value is -1.07. The SMILES string of the molecule is Nc1ccccc1OCCCCS(=O)[O-]. The lowest BCUT2D eigenvalue weighted by atomic mass is 10.3. The van der Waals surface area contributed by atoms with Crippen LogP contribution < -0.4 is 10.5 Å². The third-order valence-electron chi connectivity index (χ3n) is 1.88. The van der Waals surface area contributed by atoms with Gasteiger partial charge >= 0.3 is 0 Å². The van der Waals surface area contributed by atoms with Gasteiger partial charge in [0.1, 0.15) is 5.75 Å². The predicted molar refractivity (Wildman–Crippen MR) is 59.4 cm³/mol. The number of para-hydroxylation sites is 2. The fourth-order valence-corrected chi connectivity index (χ4v) is 1.56. The molecule has 1 aromatic carbocycles. The number of hydrogen-bond donors (Lipinski definition) is 1. The molecule has 1 unspecified atom stereocenters. The molecule has 0 saturated heterocycles. The molecular formula is C10H14NO3S-. The molecular weight excluding hydrogens is 214 g/mol. The number of unbranched alkanes of at least 4 members (excludes halogenated alkanes) is 1. The second-order valence-electron chi connectivity index (χ2n) is 3.10. The van der Waals surface area contributed by atoms with Crippen molar-refractivity contribution in [3.05, 3.63) is 24.3 Å². The highest BCUT2D eigenvalue weighted by molar-refractivity contribution is 7.79. The molecule has 1 aromatic rings. The summed E-state index contributed by atoms with van der Waals surface area (Å²) in [5, 5.41) is 0. The van der Waals surface area contributed by atoms with Crippen molar-refractivity contribution < 1.29 is 13.5 Å². The zero-order valence-electron chi connectivity index (χ0n) is 8.35. The summed E-state index contributed by atoms with van der Waals surface area (Å²) in [6.45, 7) is 0.491. The fourth-order valence-electron chi connectivity index (χ4n) is 1.12. The Bertz CT molecular complexity index is 330. The van der Waals surface area contributed by atoms with Crippen LogP contribution in [0, 0.1) is 0 Å². The first-order valence-electron chi connectivity index (χ1n) is 4.73. The minimum atomic E-state index is -1.95. The molecule has 0 saturated carbocycles. The molecule has 0 radical (unpaired) electrons. The minimum absolute atomic E-state index is 0.188. The summed E-state index contributed by atoms with van der Waals surface area (Å²) in [5.74, 6) is 0.842. The lowest BCUT2D eigenvalue weighted by Gasteiger charge is -2.08. The molecule has 84 valence electrons. The van der Waals surface area contributed by atoms with Gasteiger partial charge in [0.25, 0.3) is 0 Å². The molecule has 0 aliphatic rings. The van der Waals surface area contributed by atoms with E-state index in [1.54, 1.807) is 12.1 Å². The van der Waals surface area contributed by atoms with Crippen molar-refractivity contribution in [3.63, 3.8) is 0 Å². The fraction of sp³-hybridized carbons (Fsp3) is 0.400. The molecule has 0 spiro atoms. The largest absolute Gasteiger partial charge is 0.772 e. The molecule has 0 amide bonds. The van der Waals surface area contributed by atoms with Crippen molar-refractivity contribution in [2.24, 2.45) is 0 Å². The van der Waals surface area contributed by atoms with Crippen LogP contribution in [0.5, 0.6) is 5.75 Å². The number of anilines is 1. The molecule has 0 fully saturated rings. The van der Waals surface area contributed by atoms with Gasteiger partial charge in [-0.1, -0.05) is 23.2 Å². The van der Waals surface area contributed by atoms with Gasteiger partial charge in [0.15, 0.2) is 0 Å². The van der Waals surface area contributed by atoms with Crippen LogP contribution in [0.4, 0.5) is 5.69 Å². The average Bonchev–Trinajstić information content (AvgIpc) is 2.20. The van der Waals surface area contributed by atoms with Gasteiger partial charge in [-0.25, -0.2) is 0 Å².